The number of imide groups is 1. The Morgan fingerprint density at radius 3 is 2.67 bits per heavy atom. The highest BCUT2D eigenvalue weighted by atomic mass is 16.2. The van der Waals surface area contributed by atoms with Crippen molar-refractivity contribution in [1.82, 2.24) is 15.1 Å². The van der Waals surface area contributed by atoms with Crippen molar-refractivity contribution in [1.29, 1.82) is 0 Å². The van der Waals surface area contributed by atoms with E-state index in [0.29, 0.717) is 31.8 Å². The summed E-state index contributed by atoms with van der Waals surface area (Å²) in [5.74, 6) is 0.571. The molecule has 6 heteroatoms. The van der Waals surface area contributed by atoms with Gasteiger partial charge < -0.3 is 10.2 Å². The van der Waals surface area contributed by atoms with Gasteiger partial charge in [0.1, 0.15) is 0 Å². The molecule has 2 aliphatic heterocycles. The summed E-state index contributed by atoms with van der Waals surface area (Å²) in [5.41, 5.74) is 0. The van der Waals surface area contributed by atoms with Gasteiger partial charge >= 0.3 is 6.03 Å². The van der Waals surface area contributed by atoms with Crippen molar-refractivity contribution in [3.63, 3.8) is 0 Å². The number of nitrogens with zero attached hydrogens (tertiary/aromatic N) is 2. The fourth-order valence-corrected chi connectivity index (χ4v) is 2.68. The molecule has 2 saturated heterocycles. The molecule has 0 radical (unpaired) electrons. The average Bonchev–Trinajstić information content (AvgIpc) is 2.89. The maximum Gasteiger partial charge on any atom is 0.324 e. The number of carbonyl (C=O) groups excluding carboxylic acids is 3. The maximum absolute atomic E-state index is 11.9. The Balaban J connectivity index is 1.58. The van der Waals surface area contributed by atoms with Gasteiger partial charge in [-0.05, 0) is 25.2 Å². The lowest BCUT2D eigenvalue weighted by Crippen LogP contribution is -2.42. The number of hydrogen-bond acceptors (Lipinski definition) is 3. The summed E-state index contributed by atoms with van der Waals surface area (Å²) in [6.45, 7) is 1.25. The minimum Gasteiger partial charge on any atom is -0.341 e. The van der Waals surface area contributed by atoms with Gasteiger partial charge in [-0.25, -0.2) is 4.79 Å². The molecule has 6 nitrogen and oxygen atoms in total. The quantitative estimate of drug-likeness (QED) is 0.714. The Morgan fingerprint density at radius 1 is 1.28 bits per heavy atom. The standard InChI is InChI=1S/C12H17N3O3/c16-10(5-8-1-2-8)14-4-3-9(7-14)15-11(17)6-13-12(15)18/h8-9H,1-7H2,(H,13,18). The van der Waals surface area contributed by atoms with E-state index in [1.807, 2.05) is 0 Å². The average molecular weight is 251 g/mol. The van der Waals surface area contributed by atoms with Crippen molar-refractivity contribution in [3.05, 3.63) is 0 Å². The van der Waals surface area contributed by atoms with E-state index in [4.69, 9.17) is 0 Å². The van der Waals surface area contributed by atoms with E-state index in [1.54, 1.807) is 4.90 Å². The van der Waals surface area contributed by atoms with Gasteiger partial charge in [0.25, 0.3) is 0 Å². The molecule has 3 fully saturated rings. The predicted octanol–water partition coefficient (Wildman–Crippen LogP) is -0.0608. The third kappa shape index (κ3) is 2.07. The van der Waals surface area contributed by atoms with Gasteiger partial charge in [0, 0.05) is 19.5 Å². The molecule has 2 heterocycles. The van der Waals surface area contributed by atoms with Crippen molar-refractivity contribution >= 4 is 17.8 Å². The van der Waals surface area contributed by atoms with Gasteiger partial charge in [-0.15, -0.1) is 0 Å². The SMILES string of the molecule is O=C(CC1CC1)N1CCC(N2C(=O)CNC2=O)C1. The van der Waals surface area contributed by atoms with Crippen LogP contribution in [-0.2, 0) is 9.59 Å². The van der Waals surface area contributed by atoms with Gasteiger partial charge in [0.2, 0.25) is 11.8 Å². The summed E-state index contributed by atoms with van der Waals surface area (Å²) < 4.78 is 0. The molecule has 4 amide bonds. The van der Waals surface area contributed by atoms with Crippen molar-refractivity contribution in [3.8, 4) is 0 Å². The van der Waals surface area contributed by atoms with Crippen molar-refractivity contribution in [2.75, 3.05) is 19.6 Å². The molecule has 1 unspecified atom stereocenters. The number of hydrogen-bond donors (Lipinski definition) is 1. The van der Waals surface area contributed by atoms with E-state index in [-0.39, 0.29) is 30.4 Å². The molecule has 1 N–H and O–H groups in total. The second-order valence-corrected chi connectivity index (χ2v) is 5.35. The molecule has 1 atom stereocenters. The summed E-state index contributed by atoms with van der Waals surface area (Å²) >= 11 is 0. The predicted molar refractivity (Wildman–Crippen MR) is 62.6 cm³/mol. The number of carbonyl (C=O) groups is 3. The summed E-state index contributed by atoms with van der Waals surface area (Å²) in [6.07, 6.45) is 3.66. The molecule has 0 aromatic heterocycles. The van der Waals surface area contributed by atoms with Crippen LogP contribution in [0.5, 0.6) is 0 Å². The van der Waals surface area contributed by atoms with Crippen LogP contribution in [0.4, 0.5) is 4.79 Å². The van der Waals surface area contributed by atoms with Crippen LogP contribution < -0.4 is 5.32 Å². The number of likely N-dealkylation sites (tertiary alicyclic amines) is 1. The molecule has 18 heavy (non-hydrogen) atoms. The third-order valence-electron chi connectivity index (χ3n) is 3.92. The topological polar surface area (TPSA) is 69.7 Å². The van der Waals surface area contributed by atoms with Crippen LogP contribution in [0, 0.1) is 5.92 Å². The fraction of sp³-hybridized carbons (Fsp3) is 0.750. The van der Waals surface area contributed by atoms with E-state index in [1.165, 1.54) is 4.90 Å². The first kappa shape index (κ1) is 11.5. The second-order valence-electron chi connectivity index (χ2n) is 5.35. The zero-order valence-electron chi connectivity index (χ0n) is 10.2. The largest absolute Gasteiger partial charge is 0.341 e. The lowest BCUT2D eigenvalue weighted by Gasteiger charge is -2.21. The smallest absolute Gasteiger partial charge is 0.324 e. The van der Waals surface area contributed by atoms with Crippen LogP contribution in [0.25, 0.3) is 0 Å². The Labute approximate surface area is 105 Å². The monoisotopic (exact) mass is 251 g/mol. The molecule has 1 aliphatic carbocycles. The normalized spacial score (nSPS) is 27.9. The van der Waals surface area contributed by atoms with Gasteiger partial charge in [-0.1, -0.05) is 0 Å². The summed E-state index contributed by atoms with van der Waals surface area (Å²) in [7, 11) is 0. The van der Waals surface area contributed by atoms with Crippen molar-refractivity contribution < 1.29 is 14.4 Å². The third-order valence-corrected chi connectivity index (χ3v) is 3.92. The zero-order valence-corrected chi connectivity index (χ0v) is 10.2. The molecule has 0 spiro atoms. The summed E-state index contributed by atoms with van der Waals surface area (Å²) in [6, 6.07) is -0.454. The van der Waals surface area contributed by atoms with Gasteiger partial charge in [-0.3, -0.25) is 14.5 Å². The second kappa shape index (κ2) is 4.26. The Hall–Kier alpha value is -1.59. The molecule has 1 saturated carbocycles. The lowest BCUT2D eigenvalue weighted by atomic mass is 10.2. The van der Waals surface area contributed by atoms with Gasteiger partial charge in [0.05, 0.1) is 12.6 Å². The van der Waals surface area contributed by atoms with Gasteiger partial charge in [-0.2, -0.15) is 0 Å². The highest BCUT2D eigenvalue weighted by Gasteiger charge is 2.40. The first-order chi connectivity index (χ1) is 8.65. The molecule has 98 valence electrons. The van der Waals surface area contributed by atoms with E-state index >= 15 is 0 Å². The van der Waals surface area contributed by atoms with Crippen LogP contribution >= 0.6 is 0 Å². The van der Waals surface area contributed by atoms with Crippen LogP contribution in [0.3, 0.4) is 0 Å². The number of nitrogens with one attached hydrogen (secondary N) is 1. The van der Waals surface area contributed by atoms with Gasteiger partial charge in [0.15, 0.2) is 0 Å². The molecule has 0 aromatic carbocycles. The molecule has 0 aromatic rings. The first-order valence-electron chi connectivity index (χ1n) is 6.53. The highest BCUT2D eigenvalue weighted by molar-refractivity contribution is 6.02. The zero-order chi connectivity index (χ0) is 12.7. The van der Waals surface area contributed by atoms with Crippen LogP contribution in [-0.4, -0.2) is 53.3 Å². The Kier molecular flexibility index (Phi) is 2.72. The fourth-order valence-electron chi connectivity index (χ4n) is 2.68. The lowest BCUT2D eigenvalue weighted by molar-refractivity contribution is -0.131. The molecule has 0 bridgehead atoms. The van der Waals surface area contributed by atoms with E-state index in [0.717, 1.165) is 12.8 Å². The van der Waals surface area contributed by atoms with Crippen LogP contribution in [0.1, 0.15) is 25.7 Å². The van der Waals surface area contributed by atoms with Crippen molar-refractivity contribution in [2.24, 2.45) is 5.92 Å². The van der Waals surface area contributed by atoms with E-state index in [2.05, 4.69) is 5.32 Å². The Bertz CT molecular complexity index is 389. The van der Waals surface area contributed by atoms with Crippen LogP contribution in [0.2, 0.25) is 0 Å². The van der Waals surface area contributed by atoms with Crippen LogP contribution in [0.15, 0.2) is 0 Å². The number of urea groups is 1. The summed E-state index contributed by atoms with van der Waals surface area (Å²) in [4.78, 5) is 38.1. The van der Waals surface area contributed by atoms with E-state index < -0.39 is 0 Å². The highest BCUT2D eigenvalue weighted by Crippen LogP contribution is 2.33. The Morgan fingerprint density at radius 2 is 2.06 bits per heavy atom. The number of amides is 4. The molecule has 3 aliphatic rings. The van der Waals surface area contributed by atoms with E-state index in [9.17, 15) is 14.4 Å². The molecular formula is C12H17N3O3. The molecule has 3 rings (SSSR count). The first-order valence-corrected chi connectivity index (χ1v) is 6.53. The molecular weight excluding hydrogens is 234 g/mol. The maximum atomic E-state index is 11.9. The minimum absolute atomic E-state index is 0.0886. The minimum atomic E-state index is -0.318. The number of rotatable bonds is 3. The van der Waals surface area contributed by atoms with Crippen molar-refractivity contribution in [2.45, 2.75) is 31.7 Å². The summed E-state index contributed by atoms with van der Waals surface area (Å²) in [5, 5.41) is 2.52.